The van der Waals surface area contributed by atoms with E-state index in [-0.39, 0.29) is 6.61 Å². The highest BCUT2D eigenvalue weighted by Gasteiger charge is 2.15. The molecule has 2 aromatic rings. The summed E-state index contributed by atoms with van der Waals surface area (Å²) in [5.41, 5.74) is 3.77. The molecule has 18 heavy (non-hydrogen) atoms. The van der Waals surface area contributed by atoms with Gasteiger partial charge < -0.3 is 14.4 Å². The molecular weight excluding hydrogens is 228 g/mol. The average Bonchev–Trinajstić information content (AvgIpc) is 2.66. The van der Waals surface area contributed by atoms with Gasteiger partial charge >= 0.3 is 0 Å². The molecule has 96 valence electrons. The summed E-state index contributed by atoms with van der Waals surface area (Å²) in [6, 6.07) is 5.99. The Morgan fingerprint density at radius 1 is 1.33 bits per heavy atom. The molecule has 0 fully saturated rings. The molecule has 1 N–H and O–H groups in total. The van der Waals surface area contributed by atoms with Crippen LogP contribution < -0.4 is 4.74 Å². The van der Waals surface area contributed by atoms with Gasteiger partial charge in [0.15, 0.2) is 0 Å². The van der Waals surface area contributed by atoms with Gasteiger partial charge in [0, 0.05) is 12.7 Å². The Labute approximate surface area is 107 Å². The van der Waals surface area contributed by atoms with Crippen molar-refractivity contribution >= 4 is 0 Å². The van der Waals surface area contributed by atoms with Crippen LogP contribution >= 0.6 is 0 Å². The van der Waals surface area contributed by atoms with E-state index in [1.54, 1.807) is 7.11 Å². The Morgan fingerprint density at radius 2 is 2.06 bits per heavy atom. The van der Waals surface area contributed by atoms with Crippen LogP contribution in [0.4, 0.5) is 0 Å². The number of aliphatic hydroxyl groups excluding tert-OH is 1. The zero-order valence-corrected chi connectivity index (χ0v) is 11.2. The molecule has 0 spiro atoms. The number of aromatic nitrogens is 2. The number of methoxy groups -OCH3 is 1. The maximum atomic E-state index is 9.28. The third-order valence-electron chi connectivity index (χ3n) is 3.22. The number of rotatable bonds is 3. The molecular formula is C14H18N2O2. The van der Waals surface area contributed by atoms with Crippen LogP contribution in [0.25, 0.3) is 11.4 Å². The molecule has 0 unspecified atom stereocenters. The molecule has 0 aliphatic rings. The first kappa shape index (κ1) is 12.6. The number of hydrogen-bond acceptors (Lipinski definition) is 3. The van der Waals surface area contributed by atoms with E-state index in [2.05, 4.69) is 4.98 Å². The predicted octanol–water partition coefficient (Wildman–Crippen LogP) is 2.20. The van der Waals surface area contributed by atoms with E-state index in [4.69, 9.17) is 4.74 Å². The zero-order valence-electron chi connectivity index (χ0n) is 11.2. The second-order valence-corrected chi connectivity index (χ2v) is 4.39. The lowest BCUT2D eigenvalue weighted by Crippen LogP contribution is -1.97. The lowest BCUT2D eigenvalue weighted by Gasteiger charge is -2.09. The fourth-order valence-electron chi connectivity index (χ4n) is 2.02. The molecule has 0 amide bonds. The van der Waals surface area contributed by atoms with E-state index in [1.165, 1.54) is 0 Å². The average molecular weight is 246 g/mol. The molecule has 0 atom stereocenters. The normalized spacial score (nSPS) is 10.7. The van der Waals surface area contributed by atoms with Crippen molar-refractivity contribution in [2.45, 2.75) is 20.5 Å². The van der Waals surface area contributed by atoms with Gasteiger partial charge in [0.25, 0.3) is 0 Å². The molecule has 4 nitrogen and oxygen atoms in total. The summed E-state index contributed by atoms with van der Waals surface area (Å²) in [5.74, 6) is 1.61. The highest BCUT2D eigenvalue weighted by atomic mass is 16.5. The second kappa shape index (κ2) is 4.82. The summed E-state index contributed by atoms with van der Waals surface area (Å²) in [6.07, 6.45) is 0. The molecule has 0 radical (unpaired) electrons. The van der Waals surface area contributed by atoms with E-state index < -0.39 is 0 Å². The van der Waals surface area contributed by atoms with Gasteiger partial charge in [-0.3, -0.25) is 0 Å². The Bertz CT molecular complexity index is 573. The standard InChI is InChI=1S/C14H18N2O2/c1-9-5-6-13(18-4)11(7-9)14-15-12(8-17)10(2)16(14)3/h5-7,17H,8H2,1-4H3. The molecule has 1 heterocycles. The number of ether oxygens (including phenoxy) is 1. The van der Waals surface area contributed by atoms with E-state index in [1.807, 2.05) is 43.7 Å². The van der Waals surface area contributed by atoms with Crippen LogP contribution in [0, 0.1) is 13.8 Å². The number of aryl methyl sites for hydroxylation is 1. The largest absolute Gasteiger partial charge is 0.496 e. The first-order valence-corrected chi connectivity index (χ1v) is 5.86. The van der Waals surface area contributed by atoms with Crippen molar-refractivity contribution in [3.63, 3.8) is 0 Å². The van der Waals surface area contributed by atoms with Gasteiger partial charge in [0.05, 0.1) is 25.0 Å². The van der Waals surface area contributed by atoms with E-state index in [9.17, 15) is 5.11 Å². The summed E-state index contributed by atoms with van der Waals surface area (Å²) in [4.78, 5) is 4.48. The van der Waals surface area contributed by atoms with E-state index in [0.717, 1.165) is 28.4 Å². The molecule has 0 aliphatic heterocycles. The van der Waals surface area contributed by atoms with Crippen molar-refractivity contribution in [3.05, 3.63) is 35.2 Å². The number of benzene rings is 1. The van der Waals surface area contributed by atoms with Crippen molar-refractivity contribution in [2.75, 3.05) is 7.11 Å². The summed E-state index contributed by atoms with van der Waals surface area (Å²) >= 11 is 0. The Kier molecular flexibility index (Phi) is 3.39. The Hall–Kier alpha value is -1.81. The quantitative estimate of drug-likeness (QED) is 0.903. The van der Waals surface area contributed by atoms with E-state index in [0.29, 0.717) is 5.69 Å². The van der Waals surface area contributed by atoms with Crippen molar-refractivity contribution in [1.29, 1.82) is 0 Å². The zero-order chi connectivity index (χ0) is 13.3. The summed E-state index contributed by atoms with van der Waals surface area (Å²) in [5, 5.41) is 9.28. The highest BCUT2D eigenvalue weighted by molar-refractivity contribution is 5.66. The summed E-state index contributed by atoms with van der Waals surface area (Å²) < 4.78 is 7.35. The molecule has 0 saturated carbocycles. The van der Waals surface area contributed by atoms with Gasteiger partial charge in [0.1, 0.15) is 11.6 Å². The van der Waals surface area contributed by atoms with Gasteiger partial charge in [0.2, 0.25) is 0 Å². The predicted molar refractivity (Wildman–Crippen MR) is 70.6 cm³/mol. The highest BCUT2D eigenvalue weighted by Crippen LogP contribution is 2.31. The van der Waals surface area contributed by atoms with Crippen LogP contribution in [-0.2, 0) is 13.7 Å². The molecule has 1 aromatic carbocycles. The van der Waals surface area contributed by atoms with E-state index >= 15 is 0 Å². The number of hydrogen-bond donors (Lipinski definition) is 1. The fraction of sp³-hybridized carbons (Fsp3) is 0.357. The lowest BCUT2D eigenvalue weighted by molar-refractivity contribution is 0.276. The van der Waals surface area contributed by atoms with Crippen LogP contribution in [0.15, 0.2) is 18.2 Å². The Morgan fingerprint density at radius 3 is 2.61 bits per heavy atom. The smallest absolute Gasteiger partial charge is 0.144 e. The van der Waals surface area contributed by atoms with Crippen molar-refractivity contribution in [1.82, 2.24) is 9.55 Å². The van der Waals surface area contributed by atoms with Crippen molar-refractivity contribution < 1.29 is 9.84 Å². The monoisotopic (exact) mass is 246 g/mol. The SMILES string of the molecule is COc1ccc(C)cc1-c1nc(CO)c(C)n1C. The maximum Gasteiger partial charge on any atom is 0.144 e. The number of aliphatic hydroxyl groups is 1. The molecule has 1 aromatic heterocycles. The van der Waals surface area contributed by atoms with Gasteiger partial charge in [-0.15, -0.1) is 0 Å². The fourth-order valence-corrected chi connectivity index (χ4v) is 2.02. The van der Waals surface area contributed by atoms with Crippen molar-refractivity contribution in [2.24, 2.45) is 7.05 Å². The Balaban J connectivity index is 2.64. The number of nitrogens with zero attached hydrogens (tertiary/aromatic N) is 2. The third-order valence-corrected chi connectivity index (χ3v) is 3.22. The molecule has 0 bridgehead atoms. The van der Waals surface area contributed by atoms with Crippen LogP contribution in [0.5, 0.6) is 5.75 Å². The molecule has 2 rings (SSSR count). The van der Waals surface area contributed by atoms with Gasteiger partial charge in [-0.25, -0.2) is 4.98 Å². The summed E-state index contributed by atoms with van der Waals surface area (Å²) in [6.45, 7) is 3.93. The lowest BCUT2D eigenvalue weighted by atomic mass is 10.1. The van der Waals surface area contributed by atoms with Crippen molar-refractivity contribution in [3.8, 4) is 17.1 Å². The van der Waals surface area contributed by atoms with Crippen LogP contribution in [0.3, 0.4) is 0 Å². The van der Waals surface area contributed by atoms with Crippen LogP contribution in [0.2, 0.25) is 0 Å². The molecule has 0 aliphatic carbocycles. The van der Waals surface area contributed by atoms with Gasteiger partial charge in [-0.1, -0.05) is 11.6 Å². The van der Waals surface area contributed by atoms with Gasteiger partial charge in [-0.2, -0.15) is 0 Å². The van der Waals surface area contributed by atoms with Crippen LogP contribution in [0.1, 0.15) is 17.0 Å². The summed E-state index contributed by atoms with van der Waals surface area (Å²) in [7, 11) is 3.59. The maximum absolute atomic E-state index is 9.28. The third kappa shape index (κ3) is 1.99. The minimum absolute atomic E-state index is 0.0478. The number of imidazole rings is 1. The first-order chi connectivity index (χ1) is 8.58. The van der Waals surface area contributed by atoms with Crippen LogP contribution in [-0.4, -0.2) is 21.8 Å². The minimum Gasteiger partial charge on any atom is -0.496 e. The molecule has 0 saturated heterocycles. The first-order valence-electron chi connectivity index (χ1n) is 5.86. The minimum atomic E-state index is -0.0478. The topological polar surface area (TPSA) is 47.3 Å². The second-order valence-electron chi connectivity index (χ2n) is 4.39. The van der Waals surface area contributed by atoms with Gasteiger partial charge in [-0.05, 0) is 26.0 Å². The molecule has 4 heteroatoms.